The molecule has 1 atom stereocenters. The van der Waals surface area contributed by atoms with Gasteiger partial charge in [0.05, 0.1) is 12.0 Å². The summed E-state index contributed by atoms with van der Waals surface area (Å²) >= 11 is 5.93. The molecule has 0 N–H and O–H groups in total. The SMILES string of the molecule is CCOC(=O)CCC(Cl)c1ccc(SC(F)(F)F)cc1. The van der Waals surface area contributed by atoms with E-state index in [1.54, 1.807) is 6.92 Å². The third-order valence-electron chi connectivity index (χ3n) is 2.38. The first kappa shape index (κ1) is 17.2. The van der Waals surface area contributed by atoms with Gasteiger partial charge < -0.3 is 4.74 Å². The molecular formula is C13H14ClF3O2S. The van der Waals surface area contributed by atoms with E-state index < -0.39 is 10.9 Å². The number of hydrogen-bond donors (Lipinski definition) is 0. The van der Waals surface area contributed by atoms with Crippen LogP contribution >= 0.6 is 23.4 Å². The third kappa shape index (κ3) is 6.52. The molecule has 0 amide bonds. The number of thioether (sulfide) groups is 1. The molecule has 0 fully saturated rings. The summed E-state index contributed by atoms with van der Waals surface area (Å²) in [5.74, 6) is -0.331. The molecule has 20 heavy (non-hydrogen) atoms. The second-order valence-corrected chi connectivity index (χ2v) is 5.59. The maximum absolute atomic E-state index is 12.2. The smallest absolute Gasteiger partial charge is 0.446 e. The zero-order valence-corrected chi connectivity index (χ0v) is 12.3. The molecule has 0 aliphatic carbocycles. The molecule has 0 heterocycles. The van der Waals surface area contributed by atoms with Gasteiger partial charge in [0.25, 0.3) is 0 Å². The largest absolute Gasteiger partial charge is 0.466 e. The van der Waals surface area contributed by atoms with Crippen molar-refractivity contribution >= 4 is 29.3 Å². The van der Waals surface area contributed by atoms with Crippen molar-refractivity contribution in [2.45, 2.75) is 35.5 Å². The standard InChI is InChI=1S/C13H14ClF3O2S/c1-2-19-12(18)8-7-11(14)9-3-5-10(6-4-9)20-13(15,16)17/h3-6,11H,2,7-8H2,1H3. The van der Waals surface area contributed by atoms with E-state index in [4.69, 9.17) is 16.3 Å². The van der Waals surface area contributed by atoms with Gasteiger partial charge in [0.2, 0.25) is 0 Å². The van der Waals surface area contributed by atoms with Crippen LogP contribution in [0.1, 0.15) is 30.7 Å². The highest BCUT2D eigenvalue weighted by Gasteiger charge is 2.29. The second kappa shape index (κ2) is 7.78. The fraction of sp³-hybridized carbons (Fsp3) is 0.462. The van der Waals surface area contributed by atoms with Crippen LogP contribution in [0.4, 0.5) is 13.2 Å². The summed E-state index contributed by atoms with van der Waals surface area (Å²) in [4.78, 5) is 11.3. The normalized spacial score (nSPS) is 13.1. The molecular weight excluding hydrogens is 313 g/mol. The zero-order chi connectivity index (χ0) is 15.2. The van der Waals surface area contributed by atoms with Crippen molar-refractivity contribution < 1.29 is 22.7 Å². The van der Waals surface area contributed by atoms with Crippen LogP contribution in [0, 0.1) is 0 Å². The molecule has 112 valence electrons. The molecule has 1 aromatic rings. The number of halogens is 4. The topological polar surface area (TPSA) is 26.3 Å². The van der Waals surface area contributed by atoms with Gasteiger partial charge in [0.1, 0.15) is 0 Å². The highest BCUT2D eigenvalue weighted by Crippen LogP contribution is 2.37. The molecule has 7 heteroatoms. The summed E-state index contributed by atoms with van der Waals surface area (Å²) in [6.45, 7) is 2.03. The Morgan fingerprint density at radius 3 is 2.45 bits per heavy atom. The summed E-state index contributed by atoms with van der Waals surface area (Å²) in [5, 5.41) is -0.427. The molecule has 2 nitrogen and oxygen atoms in total. The van der Waals surface area contributed by atoms with Crippen LogP contribution in [-0.2, 0) is 9.53 Å². The Labute approximate surface area is 124 Å². The van der Waals surface area contributed by atoms with Crippen molar-refractivity contribution in [3.63, 3.8) is 0 Å². The quantitative estimate of drug-likeness (QED) is 0.421. The first-order chi connectivity index (χ1) is 9.31. The van der Waals surface area contributed by atoms with E-state index in [0.717, 1.165) is 0 Å². The molecule has 0 spiro atoms. The lowest BCUT2D eigenvalue weighted by Gasteiger charge is -2.11. The first-order valence-electron chi connectivity index (χ1n) is 5.97. The van der Waals surface area contributed by atoms with Crippen LogP contribution in [0.2, 0.25) is 0 Å². The Hall–Kier alpha value is -0.880. The number of esters is 1. The van der Waals surface area contributed by atoms with E-state index in [1.807, 2.05) is 0 Å². The minimum absolute atomic E-state index is 0.107. The summed E-state index contributed by atoms with van der Waals surface area (Å²) in [6, 6.07) is 5.81. The van der Waals surface area contributed by atoms with Crippen LogP contribution in [0.15, 0.2) is 29.2 Å². The average molecular weight is 327 g/mol. The molecule has 0 aromatic heterocycles. The maximum atomic E-state index is 12.2. The molecule has 0 radical (unpaired) electrons. The Morgan fingerprint density at radius 2 is 1.95 bits per heavy atom. The van der Waals surface area contributed by atoms with Gasteiger partial charge in [-0.1, -0.05) is 12.1 Å². The van der Waals surface area contributed by atoms with Crippen molar-refractivity contribution in [2.24, 2.45) is 0 Å². The van der Waals surface area contributed by atoms with Crippen molar-refractivity contribution in [1.29, 1.82) is 0 Å². The van der Waals surface area contributed by atoms with E-state index in [1.165, 1.54) is 24.3 Å². The minimum atomic E-state index is -4.30. The van der Waals surface area contributed by atoms with E-state index >= 15 is 0 Å². The Kier molecular flexibility index (Phi) is 6.68. The van der Waals surface area contributed by atoms with Gasteiger partial charge in [0.15, 0.2) is 0 Å². The van der Waals surface area contributed by atoms with Crippen molar-refractivity contribution in [2.75, 3.05) is 6.61 Å². The predicted molar refractivity (Wildman–Crippen MR) is 72.8 cm³/mol. The first-order valence-corrected chi connectivity index (χ1v) is 7.22. The Balaban J connectivity index is 2.53. The molecule has 1 unspecified atom stereocenters. The highest BCUT2D eigenvalue weighted by molar-refractivity contribution is 8.00. The summed E-state index contributed by atoms with van der Waals surface area (Å²) in [6.07, 6.45) is 0.563. The number of carbonyl (C=O) groups is 1. The fourth-order valence-electron chi connectivity index (χ4n) is 1.52. The zero-order valence-electron chi connectivity index (χ0n) is 10.7. The van der Waals surface area contributed by atoms with E-state index in [2.05, 4.69) is 0 Å². The van der Waals surface area contributed by atoms with Crippen LogP contribution < -0.4 is 0 Å². The van der Waals surface area contributed by atoms with Gasteiger partial charge in [-0.25, -0.2) is 0 Å². The summed E-state index contributed by atoms with van der Waals surface area (Å²) in [5.41, 5.74) is -3.62. The average Bonchev–Trinajstić information content (AvgIpc) is 2.35. The van der Waals surface area contributed by atoms with Gasteiger partial charge in [-0.3, -0.25) is 4.79 Å². The van der Waals surface area contributed by atoms with E-state index in [-0.39, 0.29) is 29.0 Å². The molecule has 0 saturated heterocycles. The number of rotatable bonds is 6. The third-order valence-corrected chi connectivity index (χ3v) is 3.59. The lowest BCUT2D eigenvalue weighted by Crippen LogP contribution is -2.05. The second-order valence-electron chi connectivity index (χ2n) is 3.93. The van der Waals surface area contributed by atoms with Crippen molar-refractivity contribution in [1.82, 2.24) is 0 Å². The predicted octanol–water partition coefficient (Wildman–Crippen LogP) is 4.92. The van der Waals surface area contributed by atoms with Crippen molar-refractivity contribution in [3.05, 3.63) is 29.8 Å². The molecule has 0 bridgehead atoms. The van der Waals surface area contributed by atoms with Gasteiger partial charge >= 0.3 is 11.5 Å². The number of benzene rings is 1. The number of alkyl halides is 4. The highest BCUT2D eigenvalue weighted by atomic mass is 35.5. The van der Waals surface area contributed by atoms with Crippen LogP contribution in [0.5, 0.6) is 0 Å². The van der Waals surface area contributed by atoms with Crippen LogP contribution in [0.25, 0.3) is 0 Å². The maximum Gasteiger partial charge on any atom is 0.446 e. The number of ether oxygens (including phenoxy) is 1. The molecule has 0 aliphatic heterocycles. The lowest BCUT2D eigenvalue weighted by atomic mass is 10.1. The van der Waals surface area contributed by atoms with Crippen LogP contribution in [-0.4, -0.2) is 18.1 Å². The molecule has 0 aliphatic rings. The monoisotopic (exact) mass is 326 g/mol. The number of carbonyl (C=O) groups excluding carboxylic acids is 1. The van der Waals surface area contributed by atoms with Gasteiger partial charge in [-0.05, 0) is 42.8 Å². The molecule has 0 saturated carbocycles. The number of hydrogen-bond acceptors (Lipinski definition) is 3. The van der Waals surface area contributed by atoms with Gasteiger partial charge in [-0.15, -0.1) is 11.6 Å². The molecule has 1 aromatic carbocycles. The van der Waals surface area contributed by atoms with Crippen LogP contribution in [0.3, 0.4) is 0 Å². The molecule has 1 rings (SSSR count). The van der Waals surface area contributed by atoms with E-state index in [0.29, 0.717) is 18.6 Å². The van der Waals surface area contributed by atoms with Crippen molar-refractivity contribution in [3.8, 4) is 0 Å². The lowest BCUT2D eigenvalue weighted by molar-refractivity contribution is -0.143. The van der Waals surface area contributed by atoms with Gasteiger partial charge in [-0.2, -0.15) is 13.2 Å². The van der Waals surface area contributed by atoms with E-state index in [9.17, 15) is 18.0 Å². The Bertz CT molecular complexity index is 434. The summed E-state index contributed by atoms with van der Waals surface area (Å²) in [7, 11) is 0. The fourth-order valence-corrected chi connectivity index (χ4v) is 2.32. The summed E-state index contributed by atoms with van der Waals surface area (Å²) < 4.78 is 41.3. The Morgan fingerprint density at radius 1 is 1.35 bits per heavy atom. The van der Waals surface area contributed by atoms with Gasteiger partial charge in [0, 0.05) is 11.3 Å². The minimum Gasteiger partial charge on any atom is -0.466 e.